The van der Waals surface area contributed by atoms with Gasteiger partial charge in [-0.1, -0.05) is 0 Å². The Balaban J connectivity index is 1.87. The van der Waals surface area contributed by atoms with Crippen LogP contribution in [0.2, 0.25) is 0 Å². The van der Waals surface area contributed by atoms with Gasteiger partial charge in [0, 0.05) is 11.9 Å². The highest BCUT2D eigenvalue weighted by molar-refractivity contribution is 5.76. The SMILES string of the molecule is COc1ccc(Nc2ccc3ncccc3n2)cc1. The average Bonchev–Trinajstić information content (AvgIpc) is 2.48. The molecule has 1 N–H and O–H groups in total. The number of anilines is 2. The second kappa shape index (κ2) is 4.94. The van der Waals surface area contributed by atoms with Crippen molar-refractivity contribution in [3.63, 3.8) is 0 Å². The Labute approximate surface area is 111 Å². The zero-order chi connectivity index (χ0) is 13.1. The third kappa shape index (κ3) is 2.47. The molecule has 1 aromatic carbocycles. The van der Waals surface area contributed by atoms with Crippen LogP contribution < -0.4 is 10.1 Å². The van der Waals surface area contributed by atoms with Crippen LogP contribution in [0.5, 0.6) is 5.75 Å². The molecule has 3 rings (SSSR count). The molecule has 0 aliphatic rings. The van der Waals surface area contributed by atoms with Crippen molar-refractivity contribution in [3.05, 3.63) is 54.7 Å². The third-order valence-electron chi connectivity index (χ3n) is 2.82. The van der Waals surface area contributed by atoms with Gasteiger partial charge in [0.2, 0.25) is 0 Å². The number of hydrogen-bond donors (Lipinski definition) is 1. The Morgan fingerprint density at radius 1 is 0.947 bits per heavy atom. The molecule has 0 atom stereocenters. The molecule has 3 aromatic rings. The van der Waals surface area contributed by atoms with E-state index in [4.69, 9.17) is 4.74 Å². The van der Waals surface area contributed by atoms with Crippen LogP contribution in [0.25, 0.3) is 11.0 Å². The van der Waals surface area contributed by atoms with Crippen molar-refractivity contribution in [2.45, 2.75) is 0 Å². The lowest BCUT2D eigenvalue weighted by Crippen LogP contribution is -1.94. The van der Waals surface area contributed by atoms with Gasteiger partial charge in [0.15, 0.2) is 0 Å². The molecule has 0 spiro atoms. The van der Waals surface area contributed by atoms with Gasteiger partial charge in [-0.25, -0.2) is 4.98 Å². The molecular weight excluding hydrogens is 238 g/mol. The van der Waals surface area contributed by atoms with Crippen molar-refractivity contribution in [2.24, 2.45) is 0 Å². The lowest BCUT2D eigenvalue weighted by atomic mass is 10.3. The van der Waals surface area contributed by atoms with E-state index in [0.29, 0.717) is 0 Å². The second-order valence-electron chi connectivity index (χ2n) is 4.09. The Kier molecular flexibility index (Phi) is 2.98. The van der Waals surface area contributed by atoms with Crippen molar-refractivity contribution >= 4 is 22.5 Å². The molecule has 0 amide bonds. The van der Waals surface area contributed by atoms with E-state index in [1.165, 1.54) is 0 Å². The molecule has 0 saturated carbocycles. The minimum atomic E-state index is 0.797. The molecule has 0 bridgehead atoms. The van der Waals surface area contributed by atoms with E-state index in [-0.39, 0.29) is 0 Å². The predicted molar refractivity (Wildman–Crippen MR) is 75.8 cm³/mol. The second-order valence-corrected chi connectivity index (χ2v) is 4.09. The van der Waals surface area contributed by atoms with E-state index in [0.717, 1.165) is 28.3 Å². The normalized spacial score (nSPS) is 10.4. The van der Waals surface area contributed by atoms with Crippen molar-refractivity contribution in [1.82, 2.24) is 9.97 Å². The van der Waals surface area contributed by atoms with Gasteiger partial charge in [-0.2, -0.15) is 0 Å². The summed E-state index contributed by atoms with van der Waals surface area (Å²) in [5.74, 6) is 1.63. The number of ether oxygens (including phenoxy) is 1. The van der Waals surface area contributed by atoms with Crippen LogP contribution in [-0.2, 0) is 0 Å². The summed E-state index contributed by atoms with van der Waals surface area (Å²) in [6.07, 6.45) is 1.76. The first-order chi connectivity index (χ1) is 9.35. The number of hydrogen-bond acceptors (Lipinski definition) is 4. The molecule has 19 heavy (non-hydrogen) atoms. The highest BCUT2D eigenvalue weighted by Crippen LogP contribution is 2.20. The highest BCUT2D eigenvalue weighted by Gasteiger charge is 1.99. The van der Waals surface area contributed by atoms with E-state index >= 15 is 0 Å². The molecule has 0 fully saturated rings. The Morgan fingerprint density at radius 3 is 2.58 bits per heavy atom. The molecule has 4 nitrogen and oxygen atoms in total. The lowest BCUT2D eigenvalue weighted by Gasteiger charge is -2.07. The van der Waals surface area contributed by atoms with Crippen molar-refractivity contribution in [2.75, 3.05) is 12.4 Å². The summed E-state index contributed by atoms with van der Waals surface area (Å²) in [6, 6.07) is 15.4. The van der Waals surface area contributed by atoms with Crippen molar-refractivity contribution in [1.29, 1.82) is 0 Å². The molecule has 2 aromatic heterocycles. The summed E-state index contributed by atoms with van der Waals surface area (Å²) in [4.78, 5) is 8.75. The van der Waals surface area contributed by atoms with Crippen LogP contribution in [-0.4, -0.2) is 17.1 Å². The van der Waals surface area contributed by atoms with E-state index in [2.05, 4.69) is 15.3 Å². The van der Waals surface area contributed by atoms with Crippen LogP contribution in [0.1, 0.15) is 0 Å². The van der Waals surface area contributed by atoms with Crippen LogP contribution in [0.3, 0.4) is 0 Å². The number of pyridine rings is 2. The lowest BCUT2D eigenvalue weighted by molar-refractivity contribution is 0.415. The predicted octanol–water partition coefficient (Wildman–Crippen LogP) is 3.38. The van der Waals surface area contributed by atoms with Gasteiger partial charge in [-0.15, -0.1) is 0 Å². The first kappa shape index (κ1) is 11.5. The fraction of sp³-hybridized carbons (Fsp3) is 0.0667. The van der Waals surface area contributed by atoms with Gasteiger partial charge in [-0.3, -0.25) is 4.98 Å². The smallest absolute Gasteiger partial charge is 0.131 e. The van der Waals surface area contributed by atoms with E-state index in [1.807, 2.05) is 48.5 Å². The fourth-order valence-corrected chi connectivity index (χ4v) is 1.85. The van der Waals surface area contributed by atoms with Crippen LogP contribution in [0.15, 0.2) is 54.7 Å². The first-order valence-electron chi connectivity index (χ1n) is 5.98. The zero-order valence-corrected chi connectivity index (χ0v) is 10.5. The van der Waals surface area contributed by atoms with E-state index in [9.17, 15) is 0 Å². The molecule has 2 heterocycles. The number of benzene rings is 1. The van der Waals surface area contributed by atoms with Gasteiger partial charge in [0.25, 0.3) is 0 Å². The molecule has 0 radical (unpaired) electrons. The zero-order valence-electron chi connectivity index (χ0n) is 10.5. The summed E-state index contributed by atoms with van der Waals surface area (Å²) < 4.78 is 5.13. The molecule has 94 valence electrons. The minimum Gasteiger partial charge on any atom is -0.497 e. The maximum absolute atomic E-state index is 5.13. The fourth-order valence-electron chi connectivity index (χ4n) is 1.85. The van der Waals surface area contributed by atoms with Crippen LogP contribution in [0, 0.1) is 0 Å². The molecule has 4 heteroatoms. The maximum atomic E-state index is 5.13. The first-order valence-corrected chi connectivity index (χ1v) is 5.98. The van der Waals surface area contributed by atoms with Gasteiger partial charge in [-0.05, 0) is 48.5 Å². The monoisotopic (exact) mass is 251 g/mol. The molecule has 0 aliphatic heterocycles. The quantitative estimate of drug-likeness (QED) is 0.775. The van der Waals surface area contributed by atoms with Gasteiger partial charge < -0.3 is 10.1 Å². The summed E-state index contributed by atoms with van der Waals surface area (Å²) in [5.41, 5.74) is 2.74. The molecule has 0 aliphatic carbocycles. The highest BCUT2D eigenvalue weighted by atomic mass is 16.5. The molecule has 0 unspecified atom stereocenters. The van der Waals surface area contributed by atoms with Crippen molar-refractivity contribution in [3.8, 4) is 5.75 Å². The van der Waals surface area contributed by atoms with Gasteiger partial charge in [0.1, 0.15) is 11.6 Å². The third-order valence-corrected chi connectivity index (χ3v) is 2.82. The largest absolute Gasteiger partial charge is 0.497 e. The summed E-state index contributed by atoms with van der Waals surface area (Å²) in [7, 11) is 1.65. The summed E-state index contributed by atoms with van der Waals surface area (Å²) in [6.45, 7) is 0. The summed E-state index contributed by atoms with van der Waals surface area (Å²) in [5, 5.41) is 3.25. The van der Waals surface area contributed by atoms with Gasteiger partial charge in [0.05, 0.1) is 18.1 Å². The summed E-state index contributed by atoms with van der Waals surface area (Å²) >= 11 is 0. The Bertz CT molecular complexity index is 695. The van der Waals surface area contributed by atoms with Gasteiger partial charge >= 0.3 is 0 Å². The Morgan fingerprint density at radius 2 is 1.79 bits per heavy atom. The topological polar surface area (TPSA) is 47.0 Å². The average molecular weight is 251 g/mol. The van der Waals surface area contributed by atoms with E-state index in [1.54, 1.807) is 13.3 Å². The van der Waals surface area contributed by atoms with Crippen LogP contribution in [0.4, 0.5) is 11.5 Å². The number of nitrogens with one attached hydrogen (secondary N) is 1. The number of methoxy groups -OCH3 is 1. The maximum Gasteiger partial charge on any atom is 0.131 e. The minimum absolute atomic E-state index is 0.797. The number of nitrogens with zero attached hydrogens (tertiary/aromatic N) is 2. The molecular formula is C15H13N3O. The standard InChI is InChI=1S/C15H13N3O/c1-19-12-6-4-11(5-7-12)17-15-9-8-13-14(18-15)3-2-10-16-13/h2-10H,1H3,(H,17,18). The van der Waals surface area contributed by atoms with Crippen molar-refractivity contribution < 1.29 is 4.74 Å². The number of fused-ring (bicyclic) bond motifs is 1. The molecule has 0 saturated heterocycles. The number of rotatable bonds is 3. The Hall–Kier alpha value is -2.62. The van der Waals surface area contributed by atoms with Crippen LogP contribution >= 0.6 is 0 Å². The van der Waals surface area contributed by atoms with E-state index < -0.39 is 0 Å². The number of aromatic nitrogens is 2.